The molecule has 0 fully saturated rings. The molecule has 2 atom stereocenters. The minimum atomic E-state index is 0.0959. The molecule has 1 aliphatic heterocycles. The van der Waals surface area contributed by atoms with E-state index in [1.54, 1.807) is 7.11 Å². The predicted octanol–water partition coefficient (Wildman–Crippen LogP) is 4.43. The Balaban J connectivity index is 2.42. The van der Waals surface area contributed by atoms with Crippen molar-refractivity contribution in [1.82, 2.24) is 0 Å². The van der Waals surface area contributed by atoms with E-state index in [9.17, 15) is 0 Å². The van der Waals surface area contributed by atoms with E-state index in [1.807, 2.05) is 0 Å². The summed E-state index contributed by atoms with van der Waals surface area (Å²) in [5.41, 5.74) is 4.15. The number of fused-ring (bicyclic) bond motifs is 2. The number of rotatable bonds is 2. The molecule has 0 unspecified atom stereocenters. The van der Waals surface area contributed by atoms with Crippen LogP contribution in [-0.2, 0) is 17.6 Å². The second-order valence-electron chi connectivity index (χ2n) is 5.60. The third-order valence-corrected chi connectivity index (χ3v) is 4.32. The van der Waals surface area contributed by atoms with Crippen LogP contribution >= 0.6 is 0 Å². The second-order valence-corrected chi connectivity index (χ2v) is 5.60. The molecule has 0 saturated carbocycles. The van der Waals surface area contributed by atoms with Gasteiger partial charge in [0, 0.05) is 10.9 Å². The zero-order chi connectivity index (χ0) is 14.3. The van der Waals surface area contributed by atoms with E-state index in [2.05, 4.69) is 45.0 Å². The van der Waals surface area contributed by atoms with Crippen LogP contribution in [0.4, 0.5) is 0 Å². The van der Waals surface area contributed by atoms with Crippen LogP contribution < -0.4 is 4.74 Å². The first-order valence-corrected chi connectivity index (χ1v) is 7.43. The van der Waals surface area contributed by atoms with Gasteiger partial charge >= 0.3 is 0 Å². The van der Waals surface area contributed by atoms with Crippen molar-refractivity contribution in [3.05, 3.63) is 41.0 Å². The lowest BCUT2D eigenvalue weighted by Gasteiger charge is -2.32. The SMILES string of the molecule is CCc1c2c(c(OC)c3ccccc13)[C@@H](C)O[C@H](C)C2. The number of aryl methyl sites for hydroxylation is 1. The van der Waals surface area contributed by atoms with Gasteiger partial charge in [-0.05, 0) is 43.2 Å². The van der Waals surface area contributed by atoms with Crippen molar-refractivity contribution in [2.24, 2.45) is 0 Å². The van der Waals surface area contributed by atoms with E-state index < -0.39 is 0 Å². The molecule has 2 aromatic rings. The van der Waals surface area contributed by atoms with Crippen LogP contribution in [0.2, 0.25) is 0 Å². The molecule has 2 heteroatoms. The average Bonchev–Trinajstić information content (AvgIpc) is 2.44. The number of methoxy groups -OCH3 is 1. The Hall–Kier alpha value is -1.54. The molecule has 0 spiro atoms. The molecule has 0 amide bonds. The molecular formula is C18H22O2. The number of hydrogen-bond donors (Lipinski definition) is 0. The lowest BCUT2D eigenvalue weighted by Crippen LogP contribution is -2.24. The Morgan fingerprint density at radius 2 is 1.90 bits per heavy atom. The Bertz CT molecular complexity index is 645. The van der Waals surface area contributed by atoms with E-state index in [1.165, 1.54) is 27.5 Å². The van der Waals surface area contributed by atoms with Gasteiger partial charge in [0.2, 0.25) is 0 Å². The van der Waals surface area contributed by atoms with Gasteiger partial charge in [-0.3, -0.25) is 0 Å². The number of hydrogen-bond acceptors (Lipinski definition) is 2. The van der Waals surface area contributed by atoms with Gasteiger partial charge in [-0.15, -0.1) is 0 Å². The van der Waals surface area contributed by atoms with E-state index in [0.29, 0.717) is 0 Å². The third kappa shape index (κ3) is 1.90. The summed E-state index contributed by atoms with van der Waals surface area (Å²) in [4.78, 5) is 0. The second kappa shape index (κ2) is 5.10. The highest BCUT2D eigenvalue weighted by molar-refractivity contribution is 5.94. The van der Waals surface area contributed by atoms with Crippen molar-refractivity contribution >= 4 is 10.8 Å². The standard InChI is InChI=1S/C18H22O2/c1-5-13-14-8-6-7-9-15(14)18(19-4)17-12(3)20-11(2)10-16(13)17/h6-9,11-12H,5,10H2,1-4H3/t11-,12-/m1/s1. The van der Waals surface area contributed by atoms with Crippen molar-refractivity contribution < 1.29 is 9.47 Å². The number of ether oxygens (including phenoxy) is 2. The first-order valence-electron chi connectivity index (χ1n) is 7.43. The lowest BCUT2D eigenvalue weighted by atomic mass is 9.85. The summed E-state index contributed by atoms with van der Waals surface area (Å²) >= 11 is 0. The van der Waals surface area contributed by atoms with Crippen molar-refractivity contribution in [1.29, 1.82) is 0 Å². The molecule has 1 aliphatic rings. The molecule has 0 saturated heterocycles. The topological polar surface area (TPSA) is 18.5 Å². The molecule has 0 radical (unpaired) electrons. The fourth-order valence-electron chi connectivity index (χ4n) is 3.59. The summed E-state index contributed by atoms with van der Waals surface area (Å²) in [6.45, 7) is 6.52. The van der Waals surface area contributed by atoms with Crippen LogP contribution in [0.3, 0.4) is 0 Å². The fraction of sp³-hybridized carbons (Fsp3) is 0.444. The maximum Gasteiger partial charge on any atom is 0.132 e. The highest BCUT2D eigenvalue weighted by Gasteiger charge is 2.29. The van der Waals surface area contributed by atoms with E-state index in [0.717, 1.165) is 18.6 Å². The molecular weight excluding hydrogens is 248 g/mol. The van der Waals surface area contributed by atoms with Crippen LogP contribution in [-0.4, -0.2) is 13.2 Å². The Morgan fingerprint density at radius 3 is 2.55 bits per heavy atom. The van der Waals surface area contributed by atoms with Gasteiger partial charge < -0.3 is 9.47 Å². The lowest BCUT2D eigenvalue weighted by molar-refractivity contribution is -0.00608. The van der Waals surface area contributed by atoms with Crippen molar-refractivity contribution in [3.8, 4) is 5.75 Å². The quantitative estimate of drug-likeness (QED) is 0.803. The summed E-state index contributed by atoms with van der Waals surface area (Å²) in [7, 11) is 1.76. The molecule has 0 N–H and O–H groups in total. The van der Waals surface area contributed by atoms with Crippen molar-refractivity contribution in [2.45, 2.75) is 45.8 Å². The summed E-state index contributed by atoms with van der Waals surface area (Å²) in [6.07, 6.45) is 2.39. The molecule has 0 aromatic heterocycles. The van der Waals surface area contributed by atoms with Crippen LogP contribution in [0.15, 0.2) is 24.3 Å². The Kier molecular flexibility index (Phi) is 3.43. The molecule has 2 nitrogen and oxygen atoms in total. The van der Waals surface area contributed by atoms with Gasteiger partial charge in [0.25, 0.3) is 0 Å². The smallest absolute Gasteiger partial charge is 0.132 e. The summed E-state index contributed by atoms with van der Waals surface area (Å²) in [5.74, 6) is 0.993. The molecule has 0 bridgehead atoms. The first kappa shape index (κ1) is 13.4. The van der Waals surface area contributed by atoms with Gasteiger partial charge in [-0.1, -0.05) is 31.2 Å². The van der Waals surface area contributed by atoms with Crippen LogP contribution in [0.1, 0.15) is 43.6 Å². The van der Waals surface area contributed by atoms with Gasteiger partial charge in [0.15, 0.2) is 0 Å². The molecule has 1 heterocycles. The van der Waals surface area contributed by atoms with Crippen LogP contribution in [0, 0.1) is 0 Å². The van der Waals surface area contributed by atoms with E-state index in [-0.39, 0.29) is 12.2 Å². The minimum Gasteiger partial charge on any atom is -0.496 e. The van der Waals surface area contributed by atoms with Crippen molar-refractivity contribution in [2.75, 3.05) is 7.11 Å². The largest absolute Gasteiger partial charge is 0.496 e. The zero-order valence-corrected chi connectivity index (χ0v) is 12.7. The molecule has 3 rings (SSSR count). The first-order chi connectivity index (χ1) is 9.67. The van der Waals surface area contributed by atoms with Gasteiger partial charge in [0.05, 0.1) is 19.3 Å². The maximum atomic E-state index is 6.02. The van der Waals surface area contributed by atoms with E-state index in [4.69, 9.17) is 9.47 Å². The highest BCUT2D eigenvalue weighted by atomic mass is 16.5. The Morgan fingerprint density at radius 1 is 1.20 bits per heavy atom. The van der Waals surface area contributed by atoms with Crippen molar-refractivity contribution in [3.63, 3.8) is 0 Å². The molecule has 0 aliphatic carbocycles. The fourth-order valence-corrected chi connectivity index (χ4v) is 3.59. The zero-order valence-electron chi connectivity index (χ0n) is 12.7. The predicted molar refractivity (Wildman–Crippen MR) is 82.5 cm³/mol. The van der Waals surface area contributed by atoms with E-state index >= 15 is 0 Å². The van der Waals surface area contributed by atoms with Crippen LogP contribution in [0.5, 0.6) is 5.75 Å². The van der Waals surface area contributed by atoms with Gasteiger partial charge in [-0.25, -0.2) is 0 Å². The normalized spacial score (nSPS) is 21.8. The average molecular weight is 270 g/mol. The minimum absolute atomic E-state index is 0.0959. The maximum absolute atomic E-state index is 6.02. The van der Waals surface area contributed by atoms with Gasteiger partial charge in [-0.2, -0.15) is 0 Å². The summed E-state index contributed by atoms with van der Waals surface area (Å²) in [5, 5.41) is 2.53. The molecule has 106 valence electrons. The van der Waals surface area contributed by atoms with Crippen LogP contribution in [0.25, 0.3) is 10.8 Å². The monoisotopic (exact) mass is 270 g/mol. The molecule has 2 aromatic carbocycles. The van der Waals surface area contributed by atoms with Gasteiger partial charge in [0.1, 0.15) is 5.75 Å². The number of benzene rings is 2. The molecule has 20 heavy (non-hydrogen) atoms. The Labute approximate surface area is 120 Å². The highest BCUT2D eigenvalue weighted by Crippen LogP contribution is 2.44. The summed E-state index contributed by atoms with van der Waals surface area (Å²) < 4.78 is 11.8. The third-order valence-electron chi connectivity index (χ3n) is 4.32. The summed E-state index contributed by atoms with van der Waals surface area (Å²) in [6, 6.07) is 8.55.